The maximum atomic E-state index is 13.6. The van der Waals surface area contributed by atoms with E-state index in [0.717, 1.165) is 25.5 Å². The summed E-state index contributed by atoms with van der Waals surface area (Å²) in [5.74, 6) is -0.889. The van der Waals surface area contributed by atoms with Crippen LogP contribution in [0.5, 0.6) is 0 Å². The van der Waals surface area contributed by atoms with E-state index >= 15 is 0 Å². The van der Waals surface area contributed by atoms with E-state index in [9.17, 15) is 8.78 Å². The summed E-state index contributed by atoms with van der Waals surface area (Å²) in [6, 6.07) is 2.93. The first kappa shape index (κ1) is 13.7. The number of halogens is 3. The molecule has 1 aromatic carbocycles. The zero-order valence-corrected chi connectivity index (χ0v) is 11.9. The second kappa shape index (κ2) is 5.97. The lowest BCUT2D eigenvalue weighted by molar-refractivity contribution is 0.520. The summed E-state index contributed by atoms with van der Waals surface area (Å²) < 4.78 is 27.1. The highest BCUT2D eigenvalue weighted by molar-refractivity contribution is 9.10. The van der Waals surface area contributed by atoms with E-state index in [2.05, 4.69) is 26.6 Å². The van der Waals surface area contributed by atoms with E-state index in [0.29, 0.717) is 6.04 Å². The normalized spacial score (nSPS) is 21.0. The molecule has 0 aromatic heterocycles. The van der Waals surface area contributed by atoms with Crippen LogP contribution >= 0.6 is 15.9 Å². The molecule has 0 amide bonds. The topological polar surface area (TPSA) is 24.1 Å². The van der Waals surface area contributed by atoms with Crippen molar-refractivity contribution < 1.29 is 8.78 Å². The van der Waals surface area contributed by atoms with Gasteiger partial charge in [-0.3, -0.25) is 0 Å². The zero-order valence-electron chi connectivity index (χ0n) is 10.3. The zero-order chi connectivity index (χ0) is 13.1. The lowest BCUT2D eigenvalue weighted by atomic mass is 10.1. The molecular weight excluding hydrogens is 302 g/mol. The van der Waals surface area contributed by atoms with Crippen LogP contribution in [0.3, 0.4) is 0 Å². The predicted molar refractivity (Wildman–Crippen MR) is 72.8 cm³/mol. The molecule has 5 heteroatoms. The van der Waals surface area contributed by atoms with Crippen molar-refractivity contribution in [2.45, 2.75) is 38.3 Å². The molecule has 1 heterocycles. The van der Waals surface area contributed by atoms with Gasteiger partial charge >= 0.3 is 0 Å². The summed E-state index contributed by atoms with van der Waals surface area (Å²) in [7, 11) is 0. The fraction of sp³-hybridized carbons (Fsp3) is 0.538. The molecule has 0 spiro atoms. The van der Waals surface area contributed by atoms with Crippen LogP contribution in [0.1, 0.15) is 26.2 Å². The number of anilines is 1. The van der Waals surface area contributed by atoms with Gasteiger partial charge in [0.25, 0.3) is 0 Å². The minimum atomic E-state index is -0.454. The average molecular weight is 319 g/mol. The van der Waals surface area contributed by atoms with E-state index in [4.69, 9.17) is 0 Å². The van der Waals surface area contributed by atoms with Crippen molar-refractivity contribution in [3.8, 4) is 0 Å². The summed E-state index contributed by atoms with van der Waals surface area (Å²) in [5, 5.41) is 6.42. The molecule has 2 atom stereocenters. The molecule has 100 valence electrons. The van der Waals surface area contributed by atoms with Gasteiger partial charge in [-0.05, 0) is 54.7 Å². The Bertz CT molecular complexity index is 420. The molecule has 18 heavy (non-hydrogen) atoms. The van der Waals surface area contributed by atoms with Crippen molar-refractivity contribution in [2.75, 3.05) is 11.9 Å². The Morgan fingerprint density at radius 1 is 1.44 bits per heavy atom. The van der Waals surface area contributed by atoms with Crippen molar-refractivity contribution in [3.63, 3.8) is 0 Å². The monoisotopic (exact) mass is 318 g/mol. The van der Waals surface area contributed by atoms with E-state index < -0.39 is 11.6 Å². The second-order valence-electron chi connectivity index (χ2n) is 4.82. The van der Waals surface area contributed by atoms with Crippen LogP contribution in [0.4, 0.5) is 14.5 Å². The molecule has 0 saturated carbocycles. The van der Waals surface area contributed by atoms with Crippen LogP contribution in [-0.2, 0) is 0 Å². The lowest BCUT2D eigenvalue weighted by Gasteiger charge is -2.19. The minimum Gasteiger partial charge on any atom is -0.380 e. The van der Waals surface area contributed by atoms with Gasteiger partial charge in [-0.2, -0.15) is 0 Å². The predicted octanol–water partition coefficient (Wildman–Crippen LogP) is 3.67. The molecule has 0 aliphatic carbocycles. The highest BCUT2D eigenvalue weighted by Crippen LogP contribution is 2.24. The minimum absolute atomic E-state index is 0.107. The Balaban J connectivity index is 1.97. The Kier molecular flexibility index (Phi) is 4.56. The first-order chi connectivity index (χ1) is 8.56. The first-order valence-electron chi connectivity index (χ1n) is 6.20. The first-order valence-corrected chi connectivity index (χ1v) is 7.00. The Morgan fingerprint density at radius 2 is 2.22 bits per heavy atom. The van der Waals surface area contributed by atoms with E-state index in [1.165, 1.54) is 12.5 Å². The standard InChI is InChI=1S/C13H17BrF2N2/c1-8(5-9-3-2-4-17-9)18-13-7-11(15)10(14)6-12(13)16/h6-9,17-18H,2-5H2,1H3. The average Bonchev–Trinajstić information content (AvgIpc) is 2.78. The van der Waals surface area contributed by atoms with Crippen LogP contribution in [0.25, 0.3) is 0 Å². The van der Waals surface area contributed by atoms with Crippen LogP contribution in [0, 0.1) is 11.6 Å². The van der Waals surface area contributed by atoms with Crippen LogP contribution in [-0.4, -0.2) is 18.6 Å². The van der Waals surface area contributed by atoms with Gasteiger partial charge in [-0.25, -0.2) is 8.78 Å². The molecule has 0 bridgehead atoms. The maximum Gasteiger partial charge on any atom is 0.147 e. The third-order valence-electron chi connectivity index (χ3n) is 3.21. The molecule has 1 fully saturated rings. The summed E-state index contributed by atoms with van der Waals surface area (Å²) in [5.41, 5.74) is 0.223. The van der Waals surface area contributed by atoms with E-state index in [1.807, 2.05) is 6.92 Å². The van der Waals surface area contributed by atoms with Gasteiger partial charge in [0.05, 0.1) is 10.2 Å². The Morgan fingerprint density at radius 3 is 2.89 bits per heavy atom. The third kappa shape index (κ3) is 3.42. The van der Waals surface area contributed by atoms with Crippen molar-refractivity contribution >= 4 is 21.6 Å². The van der Waals surface area contributed by atoms with Gasteiger partial charge in [-0.15, -0.1) is 0 Å². The van der Waals surface area contributed by atoms with Crippen LogP contribution in [0.2, 0.25) is 0 Å². The molecular formula is C13H17BrF2N2. The van der Waals surface area contributed by atoms with Gasteiger partial charge in [-0.1, -0.05) is 0 Å². The van der Waals surface area contributed by atoms with Crippen LogP contribution < -0.4 is 10.6 Å². The molecule has 1 aromatic rings. The van der Waals surface area contributed by atoms with Gasteiger partial charge in [0.15, 0.2) is 0 Å². The molecule has 1 aliphatic heterocycles. The summed E-state index contributed by atoms with van der Waals surface area (Å²) in [4.78, 5) is 0. The maximum absolute atomic E-state index is 13.6. The molecule has 1 aliphatic rings. The number of nitrogens with one attached hydrogen (secondary N) is 2. The van der Waals surface area contributed by atoms with Gasteiger partial charge in [0.1, 0.15) is 11.6 Å². The lowest BCUT2D eigenvalue weighted by Crippen LogP contribution is -2.29. The van der Waals surface area contributed by atoms with Crippen molar-refractivity contribution in [1.82, 2.24) is 5.32 Å². The van der Waals surface area contributed by atoms with Crippen LogP contribution in [0.15, 0.2) is 16.6 Å². The van der Waals surface area contributed by atoms with Gasteiger partial charge in [0.2, 0.25) is 0 Å². The Hall–Kier alpha value is -0.680. The van der Waals surface area contributed by atoms with Crippen molar-refractivity contribution in [2.24, 2.45) is 0 Å². The molecule has 2 nitrogen and oxygen atoms in total. The fourth-order valence-electron chi connectivity index (χ4n) is 2.34. The second-order valence-corrected chi connectivity index (χ2v) is 5.67. The van der Waals surface area contributed by atoms with Gasteiger partial charge < -0.3 is 10.6 Å². The van der Waals surface area contributed by atoms with Crippen molar-refractivity contribution in [1.29, 1.82) is 0 Å². The highest BCUT2D eigenvalue weighted by atomic mass is 79.9. The summed E-state index contributed by atoms with van der Waals surface area (Å²) in [6.07, 6.45) is 3.26. The Labute approximate surface area is 114 Å². The molecule has 1 saturated heterocycles. The largest absolute Gasteiger partial charge is 0.380 e. The SMILES string of the molecule is CC(CC1CCCN1)Nc1cc(F)c(Br)cc1F. The smallest absolute Gasteiger partial charge is 0.147 e. The number of benzene rings is 1. The number of rotatable bonds is 4. The van der Waals surface area contributed by atoms with E-state index in [-0.39, 0.29) is 16.2 Å². The molecule has 2 N–H and O–H groups in total. The molecule has 2 rings (SSSR count). The summed E-state index contributed by atoms with van der Waals surface area (Å²) in [6.45, 7) is 3.04. The number of hydrogen-bond donors (Lipinski definition) is 2. The van der Waals surface area contributed by atoms with Gasteiger partial charge in [0, 0.05) is 18.2 Å². The quantitative estimate of drug-likeness (QED) is 0.828. The number of hydrogen-bond acceptors (Lipinski definition) is 2. The highest BCUT2D eigenvalue weighted by Gasteiger charge is 2.18. The fourth-order valence-corrected chi connectivity index (χ4v) is 2.66. The van der Waals surface area contributed by atoms with E-state index in [1.54, 1.807) is 0 Å². The third-order valence-corrected chi connectivity index (χ3v) is 3.82. The molecule has 2 unspecified atom stereocenters. The van der Waals surface area contributed by atoms with Crippen molar-refractivity contribution in [3.05, 3.63) is 28.2 Å². The summed E-state index contributed by atoms with van der Waals surface area (Å²) >= 11 is 2.96. The molecule has 0 radical (unpaired) electrons.